The van der Waals surface area contributed by atoms with Gasteiger partial charge in [-0.15, -0.1) is 0 Å². The lowest BCUT2D eigenvalue weighted by atomic mass is 10.3. The number of benzene rings is 1. The van der Waals surface area contributed by atoms with Gasteiger partial charge in [-0.1, -0.05) is 11.2 Å². The first-order chi connectivity index (χ1) is 9.81. The number of ether oxygens (including phenoxy) is 2. The fourth-order valence-corrected chi connectivity index (χ4v) is 1.89. The number of nitrogens with one attached hydrogen (secondary N) is 1. The molecule has 0 radical (unpaired) electrons. The van der Waals surface area contributed by atoms with E-state index in [4.69, 9.17) is 14.0 Å². The fourth-order valence-electron chi connectivity index (χ4n) is 1.89. The van der Waals surface area contributed by atoms with Crippen LogP contribution in [-0.2, 0) is 11.3 Å². The van der Waals surface area contributed by atoms with Crippen LogP contribution in [-0.4, -0.2) is 29.8 Å². The van der Waals surface area contributed by atoms with Crippen molar-refractivity contribution in [3.05, 3.63) is 41.8 Å². The molecule has 0 amide bonds. The Morgan fingerprint density at radius 2 is 2.40 bits per heavy atom. The third-order valence-electron chi connectivity index (χ3n) is 2.85. The van der Waals surface area contributed by atoms with Crippen LogP contribution in [0.25, 0.3) is 0 Å². The smallest absolute Gasteiger partial charge is 0.257 e. The van der Waals surface area contributed by atoms with Gasteiger partial charge >= 0.3 is 0 Å². The lowest BCUT2D eigenvalue weighted by Crippen LogP contribution is -2.33. The van der Waals surface area contributed by atoms with Crippen LogP contribution in [0.15, 0.2) is 28.8 Å². The van der Waals surface area contributed by atoms with Crippen LogP contribution in [0.5, 0.6) is 5.75 Å². The topological polar surface area (TPSA) is 69.4 Å². The maximum absolute atomic E-state index is 13.0. The molecule has 0 bridgehead atoms. The van der Waals surface area contributed by atoms with E-state index in [9.17, 15) is 4.39 Å². The fraction of sp³-hybridized carbons (Fsp3) is 0.385. The van der Waals surface area contributed by atoms with Crippen molar-refractivity contribution >= 4 is 0 Å². The second-order valence-electron chi connectivity index (χ2n) is 4.36. The molecule has 1 aliphatic rings. The highest BCUT2D eigenvalue weighted by Crippen LogP contribution is 2.17. The minimum Gasteiger partial charge on any atom is -0.485 e. The lowest BCUT2D eigenvalue weighted by Gasteiger charge is -2.19. The van der Waals surface area contributed by atoms with Gasteiger partial charge in [-0.05, 0) is 12.1 Å². The Bertz CT molecular complexity index is 569. The summed E-state index contributed by atoms with van der Waals surface area (Å²) in [6.45, 7) is 2.20. The first kappa shape index (κ1) is 13.0. The normalized spacial score (nSPS) is 18.9. The molecule has 7 heteroatoms. The van der Waals surface area contributed by atoms with Crippen LogP contribution < -0.4 is 10.1 Å². The van der Waals surface area contributed by atoms with Crippen LogP contribution in [0.4, 0.5) is 4.39 Å². The molecular weight excluding hydrogens is 265 g/mol. The van der Waals surface area contributed by atoms with E-state index in [1.165, 1.54) is 12.1 Å². The predicted octanol–water partition coefficient (Wildman–Crippen LogP) is 1.45. The summed E-state index contributed by atoms with van der Waals surface area (Å²) in [7, 11) is 0. The SMILES string of the molecule is Fc1cccc(OCc2noc([C@H]3CNCCO3)n2)c1. The summed E-state index contributed by atoms with van der Waals surface area (Å²) in [5.74, 6) is 0.901. The minimum absolute atomic E-state index is 0.118. The minimum atomic E-state index is -0.349. The Morgan fingerprint density at radius 3 is 3.20 bits per heavy atom. The van der Waals surface area contributed by atoms with Gasteiger partial charge in [0.25, 0.3) is 5.89 Å². The Balaban J connectivity index is 1.59. The van der Waals surface area contributed by atoms with E-state index in [1.807, 2.05) is 0 Å². The maximum Gasteiger partial charge on any atom is 0.257 e. The zero-order valence-electron chi connectivity index (χ0n) is 10.7. The number of morpholine rings is 1. The summed E-state index contributed by atoms with van der Waals surface area (Å²) >= 11 is 0. The van der Waals surface area contributed by atoms with Gasteiger partial charge in [-0.3, -0.25) is 0 Å². The molecule has 0 saturated carbocycles. The zero-order chi connectivity index (χ0) is 13.8. The third-order valence-corrected chi connectivity index (χ3v) is 2.85. The molecule has 2 heterocycles. The molecule has 6 nitrogen and oxygen atoms in total. The summed E-state index contributed by atoms with van der Waals surface area (Å²) in [4.78, 5) is 4.21. The van der Waals surface area contributed by atoms with Crippen LogP contribution in [0, 0.1) is 5.82 Å². The van der Waals surface area contributed by atoms with Crippen molar-refractivity contribution in [1.82, 2.24) is 15.5 Å². The largest absolute Gasteiger partial charge is 0.485 e. The highest BCUT2D eigenvalue weighted by atomic mass is 19.1. The van der Waals surface area contributed by atoms with E-state index in [0.29, 0.717) is 30.6 Å². The Morgan fingerprint density at radius 1 is 1.45 bits per heavy atom. The molecule has 1 fully saturated rings. The molecule has 2 aromatic rings. The van der Waals surface area contributed by atoms with E-state index in [0.717, 1.165) is 6.54 Å². The molecule has 1 N–H and O–H groups in total. The Hall–Kier alpha value is -1.99. The molecule has 1 aliphatic heterocycles. The van der Waals surface area contributed by atoms with Gasteiger partial charge in [0.15, 0.2) is 6.61 Å². The van der Waals surface area contributed by atoms with E-state index < -0.39 is 0 Å². The number of hydrogen-bond donors (Lipinski definition) is 1. The summed E-state index contributed by atoms with van der Waals surface area (Å²) in [6, 6.07) is 5.90. The maximum atomic E-state index is 13.0. The van der Waals surface area contributed by atoms with Crippen molar-refractivity contribution < 1.29 is 18.4 Å². The molecule has 1 saturated heterocycles. The molecule has 1 atom stereocenters. The van der Waals surface area contributed by atoms with Crippen molar-refractivity contribution in [1.29, 1.82) is 0 Å². The number of halogens is 1. The van der Waals surface area contributed by atoms with Gasteiger partial charge in [-0.2, -0.15) is 4.98 Å². The second kappa shape index (κ2) is 5.98. The predicted molar refractivity (Wildman–Crippen MR) is 66.6 cm³/mol. The molecule has 20 heavy (non-hydrogen) atoms. The van der Waals surface area contributed by atoms with Crippen LogP contribution in [0.1, 0.15) is 17.8 Å². The van der Waals surface area contributed by atoms with Gasteiger partial charge in [0, 0.05) is 19.2 Å². The Kier molecular flexibility index (Phi) is 3.89. The summed E-state index contributed by atoms with van der Waals surface area (Å²) in [5.41, 5.74) is 0. The molecule has 106 valence electrons. The monoisotopic (exact) mass is 279 g/mol. The van der Waals surface area contributed by atoms with Crippen LogP contribution in [0.2, 0.25) is 0 Å². The Labute approximate surface area is 114 Å². The van der Waals surface area contributed by atoms with E-state index >= 15 is 0 Å². The first-order valence-electron chi connectivity index (χ1n) is 6.34. The second-order valence-corrected chi connectivity index (χ2v) is 4.36. The van der Waals surface area contributed by atoms with Crippen molar-refractivity contribution in [2.24, 2.45) is 0 Å². The zero-order valence-corrected chi connectivity index (χ0v) is 10.7. The van der Waals surface area contributed by atoms with E-state index in [-0.39, 0.29) is 18.5 Å². The number of nitrogens with zero attached hydrogens (tertiary/aromatic N) is 2. The molecule has 1 aromatic heterocycles. The number of aromatic nitrogens is 2. The van der Waals surface area contributed by atoms with E-state index in [2.05, 4.69) is 15.5 Å². The molecule has 0 unspecified atom stereocenters. The molecule has 3 rings (SSSR count). The lowest BCUT2D eigenvalue weighted by molar-refractivity contribution is 0.00755. The first-order valence-corrected chi connectivity index (χ1v) is 6.34. The van der Waals surface area contributed by atoms with Crippen molar-refractivity contribution in [3.8, 4) is 5.75 Å². The molecule has 0 spiro atoms. The van der Waals surface area contributed by atoms with Gasteiger partial charge in [0.2, 0.25) is 5.82 Å². The number of hydrogen-bond acceptors (Lipinski definition) is 6. The molecular formula is C13H14FN3O3. The highest BCUT2D eigenvalue weighted by molar-refractivity contribution is 5.22. The quantitative estimate of drug-likeness (QED) is 0.913. The van der Waals surface area contributed by atoms with Gasteiger partial charge in [-0.25, -0.2) is 4.39 Å². The van der Waals surface area contributed by atoms with E-state index in [1.54, 1.807) is 12.1 Å². The van der Waals surface area contributed by atoms with Crippen molar-refractivity contribution in [2.75, 3.05) is 19.7 Å². The van der Waals surface area contributed by atoms with Crippen molar-refractivity contribution in [2.45, 2.75) is 12.7 Å². The van der Waals surface area contributed by atoms with Gasteiger partial charge in [0.1, 0.15) is 17.7 Å². The number of rotatable bonds is 4. The van der Waals surface area contributed by atoms with Crippen LogP contribution in [0.3, 0.4) is 0 Å². The summed E-state index contributed by atoms with van der Waals surface area (Å²) in [5, 5.41) is 7.00. The molecule has 0 aliphatic carbocycles. The van der Waals surface area contributed by atoms with Crippen LogP contribution >= 0.6 is 0 Å². The van der Waals surface area contributed by atoms with Crippen molar-refractivity contribution in [3.63, 3.8) is 0 Å². The average molecular weight is 279 g/mol. The standard InChI is InChI=1S/C13H14FN3O3/c14-9-2-1-3-10(6-9)19-8-12-16-13(20-17-12)11-7-15-4-5-18-11/h1-3,6,11,15H,4-5,7-8H2/t11-/m1/s1. The third kappa shape index (κ3) is 3.12. The highest BCUT2D eigenvalue weighted by Gasteiger charge is 2.22. The van der Waals surface area contributed by atoms with Gasteiger partial charge < -0.3 is 19.3 Å². The average Bonchev–Trinajstić information content (AvgIpc) is 2.95. The summed E-state index contributed by atoms with van der Waals surface area (Å²) in [6.07, 6.45) is -0.223. The van der Waals surface area contributed by atoms with Gasteiger partial charge in [0.05, 0.1) is 6.61 Å². The summed E-state index contributed by atoms with van der Waals surface area (Å²) < 4.78 is 29.0. The molecule has 1 aromatic carbocycles.